The molecule has 4 rings (SSSR count). The number of ether oxygens (including phenoxy) is 1. The van der Waals surface area contributed by atoms with Crippen LogP contribution in [0.25, 0.3) is 0 Å². The zero-order valence-corrected chi connectivity index (χ0v) is 24.0. The highest BCUT2D eigenvalue weighted by Crippen LogP contribution is 2.39. The number of rotatable bonds is 11. The van der Waals surface area contributed by atoms with Gasteiger partial charge in [-0.25, -0.2) is 13.4 Å². The summed E-state index contributed by atoms with van der Waals surface area (Å²) in [5.74, 6) is 1.40. The third-order valence-electron chi connectivity index (χ3n) is 6.33. The molecule has 0 spiro atoms. The van der Waals surface area contributed by atoms with E-state index in [9.17, 15) is 8.42 Å². The fourth-order valence-electron chi connectivity index (χ4n) is 4.36. The predicted octanol–water partition coefficient (Wildman–Crippen LogP) is 4.27. The third kappa shape index (κ3) is 6.75. The molecular weight excluding hydrogens is 526 g/mol. The average Bonchev–Trinajstić information content (AvgIpc) is 3.63. The first-order valence-corrected chi connectivity index (χ1v) is 14.7. The Morgan fingerprint density at radius 2 is 2.03 bits per heavy atom. The van der Waals surface area contributed by atoms with Gasteiger partial charge in [-0.15, -0.1) is 0 Å². The summed E-state index contributed by atoms with van der Waals surface area (Å²) in [6.07, 6.45) is 5.11. The van der Waals surface area contributed by atoms with Crippen molar-refractivity contribution in [2.24, 2.45) is 5.92 Å². The SMILES string of the molecule is CN/C=C(/Nc1nc(Nc2cc(C)c(C3CN(C)C3)cc2OC2CC2)ncc1Cl)C(=N)S(=O)(=O)CC(C)C. The van der Waals surface area contributed by atoms with E-state index in [0.717, 1.165) is 42.9 Å². The van der Waals surface area contributed by atoms with Crippen LogP contribution in [-0.2, 0) is 9.84 Å². The summed E-state index contributed by atoms with van der Waals surface area (Å²) in [6, 6.07) is 4.17. The van der Waals surface area contributed by atoms with Crippen LogP contribution in [0, 0.1) is 18.3 Å². The van der Waals surface area contributed by atoms with Crippen molar-refractivity contribution in [2.75, 3.05) is 43.6 Å². The minimum Gasteiger partial charge on any atom is -0.488 e. The summed E-state index contributed by atoms with van der Waals surface area (Å²) < 4.78 is 31.6. The molecule has 12 heteroatoms. The first kappa shape index (κ1) is 28.1. The summed E-state index contributed by atoms with van der Waals surface area (Å²) in [6.45, 7) is 7.72. The Morgan fingerprint density at radius 3 is 2.63 bits per heavy atom. The van der Waals surface area contributed by atoms with E-state index >= 15 is 0 Å². The first-order valence-electron chi connectivity index (χ1n) is 12.7. The van der Waals surface area contributed by atoms with Crippen LogP contribution < -0.4 is 20.7 Å². The van der Waals surface area contributed by atoms with Crippen molar-refractivity contribution >= 4 is 43.9 Å². The van der Waals surface area contributed by atoms with Crippen molar-refractivity contribution in [2.45, 2.75) is 45.6 Å². The van der Waals surface area contributed by atoms with Crippen LogP contribution in [-0.4, -0.2) is 67.4 Å². The lowest BCUT2D eigenvalue weighted by atomic mass is 9.88. The van der Waals surface area contributed by atoms with Gasteiger partial charge in [-0.05, 0) is 56.0 Å². The Labute approximate surface area is 229 Å². The highest BCUT2D eigenvalue weighted by atomic mass is 35.5. The summed E-state index contributed by atoms with van der Waals surface area (Å²) in [4.78, 5) is 11.1. The Kier molecular flexibility index (Phi) is 8.49. The van der Waals surface area contributed by atoms with Gasteiger partial charge in [0.2, 0.25) is 5.95 Å². The van der Waals surface area contributed by atoms with Crippen molar-refractivity contribution < 1.29 is 13.2 Å². The predicted molar refractivity (Wildman–Crippen MR) is 153 cm³/mol. The van der Waals surface area contributed by atoms with Crippen LogP contribution >= 0.6 is 11.6 Å². The van der Waals surface area contributed by atoms with Crippen LogP contribution in [0.1, 0.15) is 43.7 Å². The maximum atomic E-state index is 12.7. The number of nitrogens with one attached hydrogen (secondary N) is 4. The maximum absolute atomic E-state index is 12.7. The van der Waals surface area contributed by atoms with Crippen molar-refractivity contribution in [1.82, 2.24) is 20.2 Å². The molecule has 1 aliphatic carbocycles. The number of nitrogens with zero attached hydrogens (tertiary/aromatic N) is 3. The van der Waals surface area contributed by atoms with Crippen molar-refractivity contribution in [1.29, 1.82) is 5.41 Å². The average molecular weight is 562 g/mol. The van der Waals surface area contributed by atoms with E-state index in [2.05, 4.69) is 56.9 Å². The molecule has 1 aromatic heterocycles. The zero-order valence-electron chi connectivity index (χ0n) is 22.4. The number of sulfone groups is 1. The van der Waals surface area contributed by atoms with Crippen molar-refractivity contribution in [3.05, 3.63) is 46.4 Å². The normalized spacial score (nSPS) is 16.8. The molecule has 0 amide bonds. The summed E-state index contributed by atoms with van der Waals surface area (Å²) in [5.41, 5.74) is 3.22. The van der Waals surface area contributed by atoms with E-state index in [1.807, 2.05) is 0 Å². The van der Waals surface area contributed by atoms with Gasteiger partial charge in [0, 0.05) is 32.3 Å². The summed E-state index contributed by atoms with van der Waals surface area (Å²) in [5, 5.41) is 16.9. The molecule has 2 heterocycles. The lowest BCUT2D eigenvalue weighted by Crippen LogP contribution is -2.42. The number of anilines is 3. The molecule has 0 unspecified atom stereocenters. The molecule has 0 bridgehead atoms. The quantitative estimate of drug-likeness (QED) is 0.234. The molecule has 2 fully saturated rings. The summed E-state index contributed by atoms with van der Waals surface area (Å²) in [7, 11) is -0.0749. The van der Waals surface area contributed by atoms with Gasteiger partial charge in [0.1, 0.15) is 10.8 Å². The maximum Gasteiger partial charge on any atom is 0.229 e. The molecule has 2 aliphatic rings. The van der Waals surface area contributed by atoms with Gasteiger partial charge in [0.15, 0.2) is 20.7 Å². The highest BCUT2D eigenvalue weighted by molar-refractivity contribution is 8.06. The van der Waals surface area contributed by atoms with Gasteiger partial charge in [-0.2, -0.15) is 4.98 Å². The standard InChI is InChI=1S/C26H36ClN7O3S/c1-15(2)14-38(35,36)24(28)22(11-29-4)31-25-20(27)10-30-26(33-25)32-21-8-16(3)19(17-12-34(5)13-17)9-23(21)37-18-6-7-18/h8-11,15,17-18,28-29H,6-7,12-14H2,1-5H3,(H2,30,31,32,33)/b22-11+,28-24?. The monoisotopic (exact) mass is 561 g/mol. The van der Waals surface area contributed by atoms with E-state index in [4.69, 9.17) is 21.7 Å². The van der Waals surface area contributed by atoms with Gasteiger partial charge in [-0.3, -0.25) is 5.41 Å². The van der Waals surface area contributed by atoms with Gasteiger partial charge in [0.05, 0.1) is 29.4 Å². The third-order valence-corrected chi connectivity index (χ3v) is 8.55. The number of aryl methyl sites for hydroxylation is 1. The van der Waals surface area contributed by atoms with Crippen LogP contribution in [0.4, 0.5) is 17.5 Å². The van der Waals surface area contributed by atoms with Crippen LogP contribution in [0.5, 0.6) is 5.75 Å². The molecule has 1 saturated heterocycles. The van der Waals surface area contributed by atoms with Crippen molar-refractivity contribution in [3.63, 3.8) is 0 Å². The lowest BCUT2D eigenvalue weighted by Gasteiger charge is -2.37. The molecule has 206 valence electrons. The molecule has 2 aromatic rings. The number of hydrogen-bond donors (Lipinski definition) is 4. The smallest absolute Gasteiger partial charge is 0.229 e. The molecule has 1 saturated carbocycles. The van der Waals surface area contributed by atoms with Gasteiger partial charge >= 0.3 is 0 Å². The molecule has 1 aromatic carbocycles. The molecule has 0 atom stereocenters. The highest BCUT2D eigenvalue weighted by Gasteiger charge is 2.30. The Morgan fingerprint density at radius 1 is 1.32 bits per heavy atom. The second-order valence-corrected chi connectivity index (χ2v) is 12.8. The summed E-state index contributed by atoms with van der Waals surface area (Å²) >= 11 is 6.36. The number of halogens is 1. The lowest BCUT2D eigenvalue weighted by molar-refractivity contribution is 0.189. The molecular formula is C26H36ClN7O3S. The molecule has 10 nitrogen and oxygen atoms in total. The van der Waals surface area contributed by atoms with E-state index in [0.29, 0.717) is 5.92 Å². The molecule has 1 aliphatic heterocycles. The zero-order chi connectivity index (χ0) is 27.6. The number of aromatic nitrogens is 2. The van der Waals surface area contributed by atoms with E-state index in [1.165, 1.54) is 18.0 Å². The van der Waals surface area contributed by atoms with Crippen molar-refractivity contribution in [3.8, 4) is 5.75 Å². The largest absolute Gasteiger partial charge is 0.488 e. The molecule has 38 heavy (non-hydrogen) atoms. The minimum absolute atomic E-state index is 0.0307. The van der Waals surface area contributed by atoms with Gasteiger partial charge < -0.3 is 25.6 Å². The van der Waals surface area contributed by atoms with Gasteiger partial charge in [-0.1, -0.05) is 25.4 Å². The van der Waals surface area contributed by atoms with E-state index < -0.39 is 14.9 Å². The first-order chi connectivity index (χ1) is 18.0. The Bertz CT molecular complexity index is 1340. The van der Waals surface area contributed by atoms with Crippen LogP contribution in [0.2, 0.25) is 5.02 Å². The number of likely N-dealkylation sites (N-methyl/N-ethyl adjacent to an activating group) is 1. The fraction of sp³-hybridized carbons (Fsp3) is 0.500. The second kappa shape index (κ2) is 11.5. The number of hydrogen-bond acceptors (Lipinski definition) is 10. The Balaban J connectivity index is 1.60. The van der Waals surface area contributed by atoms with E-state index in [-0.39, 0.29) is 40.3 Å². The number of benzene rings is 1. The number of likely N-dealkylation sites (tertiary alicyclic amines) is 1. The second-order valence-electron chi connectivity index (χ2n) is 10.4. The van der Waals surface area contributed by atoms with Crippen LogP contribution in [0.3, 0.4) is 0 Å². The topological polar surface area (TPSA) is 132 Å². The van der Waals surface area contributed by atoms with E-state index in [1.54, 1.807) is 20.9 Å². The fourth-order valence-corrected chi connectivity index (χ4v) is 5.98. The Hall–Kier alpha value is -2.89. The van der Waals surface area contributed by atoms with Gasteiger partial charge in [0.25, 0.3) is 0 Å². The molecule has 0 radical (unpaired) electrons. The molecule has 4 N–H and O–H groups in total. The van der Waals surface area contributed by atoms with Crippen LogP contribution in [0.15, 0.2) is 30.2 Å². The minimum atomic E-state index is -3.81.